The monoisotopic (exact) mass is 504 g/mol. The van der Waals surface area contributed by atoms with Crippen molar-refractivity contribution in [1.29, 1.82) is 5.26 Å². The maximum Gasteiger partial charge on any atom is 0.251 e. The highest BCUT2D eigenvalue weighted by Gasteiger charge is 2.29. The Balaban J connectivity index is 1.20. The van der Waals surface area contributed by atoms with Gasteiger partial charge in [0.25, 0.3) is 5.56 Å². The largest absolute Gasteiger partial charge is 0.378 e. The Morgan fingerprint density at radius 1 is 1.22 bits per heavy atom. The topological polar surface area (TPSA) is 112 Å². The molecule has 2 atom stereocenters. The molecule has 0 bridgehead atoms. The third-order valence-corrected chi connectivity index (χ3v) is 7.83. The van der Waals surface area contributed by atoms with Crippen LogP contribution in [0.3, 0.4) is 0 Å². The number of nitrogens with one attached hydrogen (secondary N) is 2. The first-order valence-corrected chi connectivity index (χ1v) is 13.0. The molecule has 2 N–H and O–H groups in total. The zero-order valence-electron chi connectivity index (χ0n) is 20.1. The van der Waals surface area contributed by atoms with Crippen LogP contribution in [-0.2, 0) is 22.6 Å². The third-order valence-electron chi connectivity index (χ3n) is 6.79. The molecule has 5 rings (SSSR count). The Hall–Kier alpha value is -3.23. The molecule has 2 aliphatic rings. The van der Waals surface area contributed by atoms with Crippen LogP contribution in [0, 0.1) is 11.3 Å². The maximum absolute atomic E-state index is 12.6. The molecule has 1 saturated heterocycles. The van der Waals surface area contributed by atoms with Gasteiger partial charge >= 0.3 is 0 Å². The zero-order chi connectivity index (χ0) is 25.1. The minimum Gasteiger partial charge on any atom is -0.378 e. The van der Waals surface area contributed by atoms with Gasteiger partial charge in [0.2, 0.25) is 5.91 Å². The number of nitrogens with zero attached hydrogens (tertiary/aromatic N) is 4. The van der Waals surface area contributed by atoms with Gasteiger partial charge < -0.3 is 19.9 Å². The summed E-state index contributed by atoms with van der Waals surface area (Å²) in [6.07, 6.45) is 0.903. The van der Waals surface area contributed by atoms with Crippen molar-refractivity contribution in [3.63, 3.8) is 0 Å². The van der Waals surface area contributed by atoms with Gasteiger partial charge in [0.15, 0.2) is 0 Å². The van der Waals surface area contributed by atoms with Gasteiger partial charge in [-0.2, -0.15) is 5.26 Å². The highest BCUT2D eigenvalue weighted by Crippen LogP contribution is 2.29. The highest BCUT2D eigenvalue weighted by atomic mass is 32.2. The summed E-state index contributed by atoms with van der Waals surface area (Å²) in [7, 11) is 1.73. The fraction of sp³-hybridized carbons (Fsp3) is 0.385. The lowest BCUT2D eigenvalue weighted by Gasteiger charge is -2.38. The lowest BCUT2D eigenvalue weighted by atomic mass is 10.0. The molecule has 10 heteroatoms. The first-order valence-electron chi connectivity index (χ1n) is 12.0. The number of likely N-dealkylation sites (tertiary alicyclic amines) is 1. The number of aromatic nitrogens is 2. The molecule has 186 valence electrons. The number of rotatable bonds is 7. The first kappa shape index (κ1) is 24.5. The van der Waals surface area contributed by atoms with E-state index in [0.717, 1.165) is 41.0 Å². The van der Waals surface area contributed by atoms with E-state index >= 15 is 0 Å². The maximum atomic E-state index is 12.6. The highest BCUT2D eigenvalue weighted by molar-refractivity contribution is 8.00. The van der Waals surface area contributed by atoms with E-state index in [2.05, 4.69) is 26.6 Å². The number of thioether (sulfide) groups is 1. The van der Waals surface area contributed by atoms with Crippen molar-refractivity contribution in [1.82, 2.24) is 19.8 Å². The molecule has 0 radical (unpaired) electrons. The van der Waals surface area contributed by atoms with E-state index in [9.17, 15) is 14.9 Å². The molecular formula is C26H28N6O3S. The molecule has 0 aliphatic carbocycles. The van der Waals surface area contributed by atoms with Crippen LogP contribution in [0.15, 0.2) is 52.2 Å². The molecule has 2 aliphatic heterocycles. The number of piperidine rings is 1. The van der Waals surface area contributed by atoms with Crippen LogP contribution in [0.2, 0.25) is 0 Å². The second-order valence-corrected chi connectivity index (χ2v) is 10.1. The second-order valence-electron chi connectivity index (χ2n) is 9.05. The first-order chi connectivity index (χ1) is 17.5. The van der Waals surface area contributed by atoms with Crippen LogP contribution in [0.4, 0.5) is 5.82 Å². The van der Waals surface area contributed by atoms with E-state index in [0.29, 0.717) is 36.8 Å². The minimum absolute atomic E-state index is 0.000988. The number of carbonyl (C=O) groups is 1. The van der Waals surface area contributed by atoms with E-state index in [1.54, 1.807) is 35.9 Å². The number of ether oxygens (including phenoxy) is 1. The predicted molar refractivity (Wildman–Crippen MR) is 139 cm³/mol. The number of nitriles is 1. The molecular weight excluding hydrogens is 476 g/mol. The molecule has 4 heterocycles. The van der Waals surface area contributed by atoms with Crippen molar-refractivity contribution in [3.8, 4) is 6.07 Å². The Labute approximate surface area is 213 Å². The number of hydrogen-bond acceptors (Lipinski definition) is 8. The van der Waals surface area contributed by atoms with Gasteiger partial charge in [-0.15, -0.1) is 11.8 Å². The van der Waals surface area contributed by atoms with Crippen molar-refractivity contribution >= 4 is 34.4 Å². The molecule has 1 fully saturated rings. The summed E-state index contributed by atoms with van der Waals surface area (Å²) in [4.78, 5) is 32.2. The molecule has 1 aromatic carbocycles. The molecule has 9 nitrogen and oxygen atoms in total. The lowest BCUT2D eigenvalue weighted by molar-refractivity contribution is -0.113. The Kier molecular flexibility index (Phi) is 7.34. The summed E-state index contributed by atoms with van der Waals surface area (Å²) >= 11 is 1.51. The summed E-state index contributed by atoms with van der Waals surface area (Å²) in [6, 6.07) is 15.2. The number of fused-ring (bicyclic) bond motifs is 2. The standard InChI is InChI=1S/C26H28N6O3S/c1-35-22-15-31(10-11-32-21-12-17(13-27)2-3-18(21)4-7-25(32)34)9-8-20(22)28-14-19-5-6-23-26(29-19)30-24(33)16-36-23/h2-7,12,20,22,28H,8-11,14-16H2,1H3,(H,29,30,33)/t20-,22+/m1/s1. The summed E-state index contributed by atoms with van der Waals surface area (Å²) in [5, 5.41) is 16.6. The minimum atomic E-state index is -0.0652. The van der Waals surface area contributed by atoms with Crippen LogP contribution >= 0.6 is 11.8 Å². The number of methoxy groups -OCH3 is 1. The molecule has 36 heavy (non-hydrogen) atoms. The van der Waals surface area contributed by atoms with Gasteiger partial charge in [-0.25, -0.2) is 4.98 Å². The number of amides is 1. The predicted octanol–water partition coefficient (Wildman–Crippen LogP) is 2.19. The van der Waals surface area contributed by atoms with Crippen molar-refractivity contribution in [2.75, 3.05) is 37.8 Å². The summed E-state index contributed by atoms with van der Waals surface area (Å²) in [5.41, 5.74) is 2.14. The number of anilines is 1. The van der Waals surface area contributed by atoms with Crippen molar-refractivity contribution in [2.24, 2.45) is 0 Å². The van der Waals surface area contributed by atoms with Gasteiger partial charge in [-0.05, 0) is 48.7 Å². The average Bonchev–Trinajstić information content (AvgIpc) is 2.90. The van der Waals surface area contributed by atoms with Crippen LogP contribution in [0.5, 0.6) is 0 Å². The molecule has 0 unspecified atom stereocenters. The Bertz CT molecular complexity index is 1380. The van der Waals surface area contributed by atoms with Gasteiger partial charge in [-0.3, -0.25) is 14.5 Å². The summed E-state index contributed by atoms with van der Waals surface area (Å²) in [5.74, 6) is 1.04. The third kappa shape index (κ3) is 5.29. The zero-order valence-corrected chi connectivity index (χ0v) is 20.9. The molecule has 1 amide bonds. The Morgan fingerprint density at radius 2 is 2.08 bits per heavy atom. The lowest BCUT2D eigenvalue weighted by Crippen LogP contribution is -2.53. The van der Waals surface area contributed by atoms with Gasteiger partial charge in [-0.1, -0.05) is 6.07 Å². The molecule has 0 saturated carbocycles. The smallest absolute Gasteiger partial charge is 0.251 e. The van der Waals surface area contributed by atoms with Crippen molar-refractivity contribution in [3.05, 3.63) is 64.1 Å². The summed E-state index contributed by atoms with van der Waals surface area (Å²) < 4.78 is 7.56. The van der Waals surface area contributed by atoms with E-state index in [1.165, 1.54) is 11.8 Å². The Morgan fingerprint density at radius 3 is 2.92 bits per heavy atom. The normalized spacial score (nSPS) is 20.1. The number of carbonyl (C=O) groups excluding carboxylic acids is 1. The molecule has 3 aromatic rings. The van der Waals surface area contributed by atoms with Crippen LogP contribution in [0.25, 0.3) is 10.9 Å². The van der Waals surface area contributed by atoms with Crippen LogP contribution in [-0.4, -0.2) is 65.0 Å². The van der Waals surface area contributed by atoms with E-state index < -0.39 is 0 Å². The van der Waals surface area contributed by atoms with Crippen molar-refractivity contribution < 1.29 is 9.53 Å². The number of benzene rings is 1. The average molecular weight is 505 g/mol. The van der Waals surface area contributed by atoms with Crippen molar-refractivity contribution in [2.45, 2.75) is 36.6 Å². The fourth-order valence-electron chi connectivity index (χ4n) is 4.82. The number of hydrogen-bond donors (Lipinski definition) is 2. The van der Waals surface area contributed by atoms with Gasteiger partial charge in [0.05, 0.1) is 39.6 Å². The SMILES string of the molecule is CO[C@H]1CN(CCn2c(=O)ccc3ccc(C#N)cc32)CC[C@H]1NCc1ccc2c(n1)NC(=O)CS2. The summed E-state index contributed by atoms with van der Waals surface area (Å²) in [6.45, 7) is 3.48. The van der Waals surface area contributed by atoms with E-state index in [4.69, 9.17) is 4.74 Å². The fourth-order valence-corrected chi connectivity index (χ4v) is 5.58. The van der Waals surface area contributed by atoms with Crippen LogP contribution in [0.1, 0.15) is 17.7 Å². The van der Waals surface area contributed by atoms with Gasteiger partial charge in [0, 0.05) is 45.4 Å². The van der Waals surface area contributed by atoms with Gasteiger partial charge in [0.1, 0.15) is 5.82 Å². The van der Waals surface area contributed by atoms with E-state index in [-0.39, 0.29) is 23.6 Å². The molecule has 0 spiro atoms. The van der Waals surface area contributed by atoms with Crippen LogP contribution < -0.4 is 16.2 Å². The molecule has 2 aromatic heterocycles. The second kappa shape index (κ2) is 10.8. The quantitative estimate of drug-likeness (QED) is 0.504. The number of pyridine rings is 2. The van der Waals surface area contributed by atoms with E-state index in [1.807, 2.05) is 18.2 Å².